The van der Waals surface area contributed by atoms with Crippen LogP contribution in [-0.2, 0) is 17.6 Å². The molecule has 28 heavy (non-hydrogen) atoms. The number of nitrogens with zero attached hydrogens (tertiary/aromatic N) is 2. The number of fused-ring (bicyclic) bond motifs is 3. The number of likely N-dealkylation sites (tertiary alicyclic amines) is 1. The molecular formula is C22H26N4O2. The fraction of sp³-hybridized carbons (Fsp3) is 0.409. The highest BCUT2D eigenvalue weighted by molar-refractivity contribution is 5.90. The summed E-state index contributed by atoms with van der Waals surface area (Å²) in [5.74, 6) is 0.00211. The number of anilines is 1. The number of hydrogen-bond donors (Lipinski definition) is 2. The third-order valence-corrected chi connectivity index (χ3v) is 5.59. The van der Waals surface area contributed by atoms with Gasteiger partial charge in [-0.2, -0.15) is 0 Å². The molecule has 2 aromatic rings. The Morgan fingerprint density at radius 1 is 1.11 bits per heavy atom. The van der Waals surface area contributed by atoms with Crippen LogP contribution in [0.3, 0.4) is 0 Å². The summed E-state index contributed by atoms with van der Waals surface area (Å²) in [5, 5.41) is 6.04. The molecule has 3 amide bonds. The molecule has 2 atom stereocenters. The SMILES string of the molecule is O=C1N[C@H]2CCC[C@@H]1CN(C(=O)Nc1ccc(CCc3ccccn3)cc1)C2. The second kappa shape index (κ2) is 8.42. The molecule has 1 aromatic carbocycles. The van der Waals surface area contributed by atoms with Gasteiger partial charge in [0.1, 0.15) is 0 Å². The lowest BCUT2D eigenvalue weighted by Crippen LogP contribution is -2.43. The lowest BCUT2D eigenvalue weighted by Gasteiger charge is -2.27. The van der Waals surface area contributed by atoms with Crippen molar-refractivity contribution in [3.05, 3.63) is 59.9 Å². The average molecular weight is 378 g/mol. The number of amides is 3. The molecule has 146 valence electrons. The lowest BCUT2D eigenvalue weighted by atomic mass is 9.99. The van der Waals surface area contributed by atoms with Gasteiger partial charge >= 0.3 is 6.03 Å². The van der Waals surface area contributed by atoms with Gasteiger partial charge in [0.15, 0.2) is 0 Å². The number of benzene rings is 1. The van der Waals surface area contributed by atoms with Crippen LogP contribution in [0, 0.1) is 5.92 Å². The average Bonchev–Trinajstić information content (AvgIpc) is 2.97. The normalized spacial score (nSPS) is 21.6. The van der Waals surface area contributed by atoms with Crippen molar-refractivity contribution in [1.82, 2.24) is 15.2 Å². The van der Waals surface area contributed by atoms with E-state index < -0.39 is 0 Å². The number of rotatable bonds is 4. The van der Waals surface area contributed by atoms with Crippen molar-refractivity contribution in [2.24, 2.45) is 5.92 Å². The first kappa shape index (κ1) is 18.5. The Bertz CT molecular complexity index is 822. The van der Waals surface area contributed by atoms with Crippen LogP contribution >= 0.6 is 0 Å². The number of aryl methyl sites for hydroxylation is 2. The van der Waals surface area contributed by atoms with Gasteiger partial charge in [-0.1, -0.05) is 24.6 Å². The Kier molecular flexibility index (Phi) is 5.55. The zero-order valence-corrected chi connectivity index (χ0v) is 15.9. The van der Waals surface area contributed by atoms with Gasteiger partial charge in [0.2, 0.25) is 5.91 Å². The molecule has 4 rings (SSSR count). The van der Waals surface area contributed by atoms with Gasteiger partial charge in [0.05, 0.1) is 5.92 Å². The largest absolute Gasteiger partial charge is 0.351 e. The first-order valence-corrected chi connectivity index (χ1v) is 10.0. The van der Waals surface area contributed by atoms with Crippen molar-refractivity contribution in [3.8, 4) is 0 Å². The molecule has 6 heteroatoms. The van der Waals surface area contributed by atoms with E-state index >= 15 is 0 Å². The molecule has 2 aliphatic heterocycles. The molecule has 0 radical (unpaired) electrons. The molecule has 2 saturated heterocycles. The summed E-state index contributed by atoms with van der Waals surface area (Å²) in [5.41, 5.74) is 3.07. The highest BCUT2D eigenvalue weighted by atomic mass is 16.2. The minimum absolute atomic E-state index is 0.0692. The number of nitrogens with one attached hydrogen (secondary N) is 2. The van der Waals surface area contributed by atoms with Crippen LogP contribution in [-0.4, -0.2) is 41.0 Å². The van der Waals surface area contributed by atoms with E-state index in [1.165, 1.54) is 5.56 Å². The van der Waals surface area contributed by atoms with E-state index in [1.54, 1.807) is 4.90 Å². The molecule has 2 fully saturated rings. The number of carbonyl (C=O) groups excluding carboxylic acids is 2. The summed E-state index contributed by atoms with van der Waals surface area (Å²) < 4.78 is 0. The Labute approximate surface area is 165 Å². The van der Waals surface area contributed by atoms with Crippen molar-refractivity contribution in [3.63, 3.8) is 0 Å². The summed E-state index contributed by atoms with van der Waals surface area (Å²) in [7, 11) is 0. The number of aromatic nitrogens is 1. The van der Waals surface area contributed by atoms with E-state index in [-0.39, 0.29) is 23.9 Å². The fourth-order valence-corrected chi connectivity index (χ4v) is 3.99. The predicted octanol–water partition coefficient (Wildman–Crippen LogP) is 3.00. The molecule has 0 spiro atoms. The molecule has 2 bridgehead atoms. The third-order valence-electron chi connectivity index (χ3n) is 5.59. The number of urea groups is 1. The molecule has 0 saturated carbocycles. The van der Waals surface area contributed by atoms with Crippen LogP contribution in [0.25, 0.3) is 0 Å². The topological polar surface area (TPSA) is 74.3 Å². The van der Waals surface area contributed by atoms with Crippen LogP contribution in [0.15, 0.2) is 48.7 Å². The lowest BCUT2D eigenvalue weighted by molar-refractivity contribution is -0.124. The maximum absolute atomic E-state index is 12.7. The minimum atomic E-state index is -0.130. The Morgan fingerprint density at radius 2 is 1.96 bits per heavy atom. The standard InChI is InChI=1S/C22H26N4O2/c27-21-17-4-3-6-20(24-21)15-26(14-17)22(28)25-19-11-8-16(9-12-19)7-10-18-5-1-2-13-23-18/h1-2,5,8-9,11-13,17,20H,3-4,6-7,10,14-15H2,(H,24,27)(H,25,28)/t17-,20+/m1/s1. The van der Waals surface area contributed by atoms with Gasteiger partial charge in [-0.25, -0.2) is 4.79 Å². The minimum Gasteiger partial charge on any atom is -0.351 e. The van der Waals surface area contributed by atoms with Crippen molar-refractivity contribution in [1.29, 1.82) is 0 Å². The first-order valence-electron chi connectivity index (χ1n) is 10.0. The Balaban J connectivity index is 1.33. The molecule has 6 nitrogen and oxygen atoms in total. The van der Waals surface area contributed by atoms with E-state index in [9.17, 15) is 9.59 Å². The first-order chi connectivity index (χ1) is 13.7. The van der Waals surface area contributed by atoms with Gasteiger partial charge in [-0.3, -0.25) is 9.78 Å². The molecule has 0 aliphatic carbocycles. The highest BCUT2D eigenvalue weighted by Crippen LogP contribution is 2.22. The molecule has 2 N–H and O–H groups in total. The highest BCUT2D eigenvalue weighted by Gasteiger charge is 2.34. The fourth-order valence-electron chi connectivity index (χ4n) is 3.99. The smallest absolute Gasteiger partial charge is 0.321 e. The van der Waals surface area contributed by atoms with Gasteiger partial charge in [0.25, 0.3) is 0 Å². The number of pyridine rings is 1. The van der Waals surface area contributed by atoms with Crippen molar-refractivity contribution in [2.45, 2.75) is 38.1 Å². The monoisotopic (exact) mass is 378 g/mol. The molecular weight excluding hydrogens is 352 g/mol. The van der Waals surface area contributed by atoms with Crippen molar-refractivity contribution >= 4 is 17.6 Å². The summed E-state index contributed by atoms with van der Waals surface area (Å²) in [6, 6.07) is 13.9. The van der Waals surface area contributed by atoms with Gasteiger partial charge in [-0.05, 0) is 55.5 Å². The zero-order valence-electron chi connectivity index (χ0n) is 15.9. The van der Waals surface area contributed by atoms with Crippen LogP contribution in [0.4, 0.5) is 10.5 Å². The van der Waals surface area contributed by atoms with E-state index in [0.29, 0.717) is 13.1 Å². The van der Waals surface area contributed by atoms with E-state index in [1.807, 2.05) is 48.7 Å². The van der Waals surface area contributed by atoms with E-state index in [2.05, 4.69) is 15.6 Å². The van der Waals surface area contributed by atoms with Crippen LogP contribution < -0.4 is 10.6 Å². The molecule has 1 aromatic heterocycles. The second-order valence-corrected chi connectivity index (χ2v) is 7.69. The van der Waals surface area contributed by atoms with Gasteiger partial charge < -0.3 is 15.5 Å². The van der Waals surface area contributed by atoms with Crippen LogP contribution in [0.2, 0.25) is 0 Å². The quantitative estimate of drug-likeness (QED) is 0.859. The van der Waals surface area contributed by atoms with Crippen LogP contribution in [0.5, 0.6) is 0 Å². The zero-order chi connectivity index (χ0) is 19.3. The van der Waals surface area contributed by atoms with E-state index in [0.717, 1.165) is 43.5 Å². The molecule has 0 unspecified atom stereocenters. The third kappa shape index (κ3) is 4.50. The van der Waals surface area contributed by atoms with Crippen molar-refractivity contribution < 1.29 is 9.59 Å². The second-order valence-electron chi connectivity index (χ2n) is 7.69. The maximum atomic E-state index is 12.7. The van der Waals surface area contributed by atoms with Gasteiger partial charge in [0, 0.05) is 36.7 Å². The number of carbonyl (C=O) groups is 2. The predicted molar refractivity (Wildman–Crippen MR) is 108 cm³/mol. The summed E-state index contributed by atoms with van der Waals surface area (Å²) in [6.07, 6.45) is 6.46. The Morgan fingerprint density at radius 3 is 2.75 bits per heavy atom. The molecule has 3 heterocycles. The summed E-state index contributed by atoms with van der Waals surface area (Å²) in [6.45, 7) is 1.08. The molecule has 2 aliphatic rings. The number of hydrogen-bond acceptors (Lipinski definition) is 3. The summed E-state index contributed by atoms with van der Waals surface area (Å²) in [4.78, 5) is 31.0. The summed E-state index contributed by atoms with van der Waals surface area (Å²) >= 11 is 0. The van der Waals surface area contributed by atoms with E-state index in [4.69, 9.17) is 0 Å². The van der Waals surface area contributed by atoms with Gasteiger partial charge in [-0.15, -0.1) is 0 Å². The Hall–Kier alpha value is -2.89. The van der Waals surface area contributed by atoms with Crippen molar-refractivity contribution in [2.75, 3.05) is 18.4 Å². The maximum Gasteiger partial charge on any atom is 0.321 e. The van der Waals surface area contributed by atoms with Crippen LogP contribution in [0.1, 0.15) is 30.5 Å².